The maximum Gasteiger partial charge on any atom is 0.220 e. The first-order valence-electron chi connectivity index (χ1n) is 7.54. The van der Waals surface area contributed by atoms with E-state index in [0.29, 0.717) is 19.4 Å². The van der Waals surface area contributed by atoms with E-state index in [1.807, 2.05) is 24.3 Å². The van der Waals surface area contributed by atoms with Gasteiger partial charge in [-0.2, -0.15) is 0 Å². The molecule has 1 N–H and O–H groups in total. The Morgan fingerprint density at radius 2 is 2.00 bits per heavy atom. The van der Waals surface area contributed by atoms with E-state index in [1.165, 1.54) is 18.5 Å². The Bertz CT molecular complexity index is 813. The fourth-order valence-corrected chi connectivity index (χ4v) is 2.44. The summed E-state index contributed by atoms with van der Waals surface area (Å²) in [7, 11) is 0. The van der Waals surface area contributed by atoms with Gasteiger partial charge in [0, 0.05) is 13.0 Å². The van der Waals surface area contributed by atoms with E-state index < -0.39 is 0 Å². The maximum absolute atomic E-state index is 13.1. The van der Waals surface area contributed by atoms with E-state index in [0.717, 1.165) is 28.6 Å². The van der Waals surface area contributed by atoms with E-state index >= 15 is 0 Å². The number of rotatable bonds is 6. The number of benzene rings is 2. The predicted molar refractivity (Wildman–Crippen MR) is 85.4 cm³/mol. The lowest BCUT2D eigenvalue weighted by atomic mass is 10.1. The van der Waals surface area contributed by atoms with Gasteiger partial charge in [-0.05, 0) is 48.2 Å². The van der Waals surface area contributed by atoms with Crippen molar-refractivity contribution < 1.29 is 13.6 Å². The number of hydrogen-bond acceptors (Lipinski definition) is 3. The van der Waals surface area contributed by atoms with Gasteiger partial charge in [-0.3, -0.25) is 4.79 Å². The van der Waals surface area contributed by atoms with Gasteiger partial charge in [0.05, 0.1) is 0 Å². The minimum Gasteiger partial charge on any atom is -0.443 e. The summed E-state index contributed by atoms with van der Waals surface area (Å²) in [5, 5.41) is 2.88. The molecule has 1 amide bonds. The summed E-state index contributed by atoms with van der Waals surface area (Å²) < 4.78 is 18.3. The van der Waals surface area contributed by atoms with Crippen molar-refractivity contribution in [2.75, 3.05) is 6.54 Å². The molecule has 0 bridgehead atoms. The van der Waals surface area contributed by atoms with Gasteiger partial charge in [0.15, 0.2) is 12.0 Å². The van der Waals surface area contributed by atoms with E-state index in [2.05, 4.69) is 10.3 Å². The molecule has 0 aliphatic carbocycles. The second-order valence-corrected chi connectivity index (χ2v) is 5.38. The normalized spacial score (nSPS) is 10.8. The molecule has 23 heavy (non-hydrogen) atoms. The van der Waals surface area contributed by atoms with Crippen LogP contribution in [0, 0.1) is 5.82 Å². The molecule has 0 unspecified atom stereocenters. The largest absolute Gasteiger partial charge is 0.443 e. The summed E-state index contributed by atoms with van der Waals surface area (Å²) in [6.45, 7) is 0.557. The highest BCUT2D eigenvalue weighted by molar-refractivity contribution is 5.76. The lowest BCUT2D eigenvalue weighted by molar-refractivity contribution is -0.121. The van der Waals surface area contributed by atoms with E-state index in [9.17, 15) is 9.18 Å². The number of halogens is 1. The number of nitrogens with zero attached hydrogens (tertiary/aromatic N) is 1. The number of amides is 1. The molecule has 1 heterocycles. The van der Waals surface area contributed by atoms with Crippen molar-refractivity contribution in [2.24, 2.45) is 0 Å². The fraction of sp³-hybridized carbons (Fsp3) is 0.222. The van der Waals surface area contributed by atoms with Crippen LogP contribution in [0.2, 0.25) is 0 Å². The predicted octanol–water partition coefficient (Wildman–Crippen LogP) is 3.26. The zero-order valence-corrected chi connectivity index (χ0v) is 12.6. The lowest BCUT2D eigenvalue weighted by Gasteiger charge is -2.06. The Balaban J connectivity index is 1.43. The summed E-state index contributed by atoms with van der Waals surface area (Å²) in [6.07, 6.45) is 3.03. The second kappa shape index (κ2) is 7.05. The molecule has 1 aromatic heterocycles. The molecule has 0 atom stereocenters. The summed E-state index contributed by atoms with van der Waals surface area (Å²) in [5.41, 5.74) is 3.49. The number of aryl methyl sites for hydroxylation is 1. The van der Waals surface area contributed by atoms with Gasteiger partial charge in [0.25, 0.3) is 0 Å². The second-order valence-electron chi connectivity index (χ2n) is 5.38. The average molecular weight is 312 g/mol. The summed E-state index contributed by atoms with van der Waals surface area (Å²) in [4.78, 5) is 15.9. The zero-order valence-electron chi connectivity index (χ0n) is 12.6. The van der Waals surface area contributed by atoms with Crippen LogP contribution in [0.3, 0.4) is 0 Å². The van der Waals surface area contributed by atoms with Crippen LogP contribution in [0.4, 0.5) is 4.39 Å². The molecule has 2 aromatic carbocycles. The lowest BCUT2D eigenvalue weighted by Crippen LogP contribution is -2.25. The van der Waals surface area contributed by atoms with Gasteiger partial charge < -0.3 is 9.73 Å². The smallest absolute Gasteiger partial charge is 0.220 e. The quantitative estimate of drug-likeness (QED) is 0.760. The van der Waals surface area contributed by atoms with Crippen molar-refractivity contribution in [2.45, 2.75) is 19.3 Å². The Morgan fingerprint density at radius 3 is 2.87 bits per heavy atom. The Labute approximate surface area is 133 Å². The molecule has 3 rings (SSSR count). The highest BCUT2D eigenvalue weighted by Gasteiger charge is 2.04. The molecule has 0 saturated heterocycles. The third-order valence-corrected chi connectivity index (χ3v) is 3.66. The molecular formula is C18H17FN2O2. The highest BCUT2D eigenvalue weighted by Crippen LogP contribution is 2.14. The van der Waals surface area contributed by atoms with Crippen molar-refractivity contribution in [1.82, 2.24) is 10.3 Å². The van der Waals surface area contributed by atoms with Crippen LogP contribution in [0.25, 0.3) is 11.1 Å². The minimum atomic E-state index is -0.272. The highest BCUT2D eigenvalue weighted by atomic mass is 19.1. The molecule has 0 radical (unpaired) electrons. The Morgan fingerprint density at radius 1 is 1.13 bits per heavy atom. The number of fused-ring (bicyclic) bond motifs is 1. The molecule has 118 valence electrons. The standard InChI is InChI=1S/C18H17FN2O2/c19-15-3-1-2-13(10-15)5-7-18(22)20-9-8-14-4-6-16-17(11-14)23-12-21-16/h1-4,6,10-12H,5,7-9H2,(H,20,22). The topological polar surface area (TPSA) is 55.1 Å². The Kier molecular flexibility index (Phi) is 4.66. The van der Waals surface area contributed by atoms with Gasteiger partial charge in [-0.1, -0.05) is 18.2 Å². The summed E-state index contributed by atoms with van der Waals surface area (Å²) in [5.74, 6) is -0.305. The van der Waals surface area contributed by atoms with Gasteiger partial charge in [-0.15, -0.1) is 0 Å². The molecule has 0 fully saturated rings. The van der Waals surface area contributed by atoms with Crippen molar-refractivity contribution in [3.63, 3.8) is 0 Å². The number of carbonyl (C=O) groups excluding carboxylic acids is 1. The van der Waals surface area contributed by atoms with E-state index in [-0.39, 0.29) is 11.7 Å². The van der Waals surface area contributed by atoms with Crippen molar-refractivity contribution in [3.05, 3.63) is 65.8 Å². The monoisotopic (exact) mass is 312 g/mol. The van der Waals surface area contributed by atoms with Crippen LogP contribution < -0.4 is 5.32 Å². The first-order valence-corrected chi connectivity index (χ1v) is 7.54. The van der Waals surface area contributed by atoms with Crippen molar-refractivity contribution in [1.29, 1.82) is 0 Å². The molecule has 0 spiro atoms. The molecule has 0 saturated carbocycles. The van der Waals surface area contributed by atoms with Gasteiger partial charge in [0.2, 0.25) is 5.91 Å². The molecule has 4 nitrogen and oxygen atoms in total. The number of oxazole rings is 1. The number of hydrogen-bond donors (Lipinski definition) is 1. The van der Waals surface area contributed by atoms with Gasteiger partial charge in [0.1, 0.15) is 11.3 Å². The maximum atomic E-state index is 13.1. The molecule has 3 aromatic rings. The third-order valence-electron chi connectivity index (χ3n) is 3.66. The van der Waals surface area contributed by atoms with Crippen LogP contribution in [-0.4, -0.2) is 17.4 Å². The first kappa shape index (κ1) is 15.2. The van der Waals surface area contributed by atoms with Crippen molar-refractivity contribution in [3.8, 4) is 0 Å². The minimum absolute atomic E-state index is 0.0324. The number of aromatic nitrogens is 1. The van der Waals surface area contributed by atoms with Crippen LogP contribution in [0.1, 0.15) is 17.5 Å². The zero-order chi connectivity index (χ0) is 16.1. The molecular weight excluding hydrogens is 295 g/mol. The number of nitrogens with one attached hydrogen (secondary N) is 1. The van der Waals surface area contributed by atoms with Crippen molar-refractivity contribution >= 4 is 17.0 Å². The van der Waals surface area contributed by atoms with Crippen LogP contribution in [0.15, 0.2) is 53.3 Å². The number of carbonyl (C=O) groups is 1. The molecule has 5 heteroatoms. The molecule has 0 aliphatic heterocycles. The summed E-state index contributed by atoms with van der Waals surface area (Å²) in [6, 6.07) is 12.1. The average Bonchev–Trinajstić information content (AvgIpc) is 3.01. The molecule has 0 aliphatic rings. The van der Waals surface area contributed by atoms with E-state index in [4.69, 9.17) is 4.42 Å². The van der Waals surface area contributed by atoms with Gasteiger partial charge >= 0.3 is 0 Å². The summed E-state index contributed by atoms with van der Waals surface area (Å²) >= 11 is 0. The third kappa shape index (κ3) is 4.16. The SMILES string of the molecule is O=C(CCc1cccc(F)c1)NCCc1ccc2ncoc2c1. The van der Waals surface area contributed by atoms with Gasteiger partial charge in [-0.25, -0.2) is 9.37 Å². The first-order chi connectivity index (χ1) is 11.2. The fourth-order valence-electron chi connectivity index (χ4n) is 2.44. The Hall–Kier alpha value is -2.69. The van der Waals surface area contributed by atoms with Crippen LogP contribution >= 0.6 is 0 Å². The van der Waals surface area contributed by atoms with Crippen LogP contribution in [-0.2, 0) is 17.6 Å². The van der Waals surface area contributed by atoms with E-state index in [1.54, 1.807) is 6.07 Å². The van der Waals surface area contributed by atoms with Crippen LogP contribution in [0.5, 0.6) is 0 Å².